The summed E-state index contributed by atoms with van der Waals surface area (Å²) >= 11 is 6.41. The second-order valence-electron chi connectivity index (χ2n) is 8.50. The SMILES string of the molecule is O=C(c1ccc(C(F)(F)F)nc1)N1CCN(c2cnc(-c3ccc(F)cc3)c(-c3ccncc3Cl)n2)CC1. The number of nitrogens with zero attached hydrogens (tertiary/aromatic N) is 6. The normalized spacial score (nSPS) is 14.0. The Kier molecular flexibility index (Phi) is 6.94. The zero-order valence-corrected chi connectivity index (χ0v) is 20.4. The van der Waals surface area contributed by atoms with Gasteiger partial charge in [0.25, 0.3) is 5.91 Å². The van der Waals surface area contributed by atoms with Crippen LogP contribution in [0.4, 0.5) is 23.4 Å². The van der Waals surface area contributed by atoms with E-state index in [9.17, 15) is 22.4 Å². The van der Waals surface area contributed by atoms with E-state index in [1.165, 1.54) is 18.3 Å². The molecule has 0 atom stereocenters. The fourth-order valence-corrected chi connectivity index (χ4v) is 4.32. The maximum absolute atomic E-state index is 13.5. The minimum Gasteiger partial charge on any atom is -0.352 e. The Balaban J connectivity index is 1.37. The van der Waals surface area contributed by atoms with Gasteiger partial charge in [0.2, 0.25) is 0 Å². The van der Waals surface area contributed by atoms with Crippen LogP contribution in [0, 0.1) is 5.82 Å². The highest BCUT2D eigenvalue weighted by atomic mass is 35.5. The second-order valence-corrected chi connectivity index (χ2v) is 8.90. The molecule has 0 unspecified atom stereocenters. The first-order chi connectivity index (χ1) is 18.2. The largest absolute Gasteiger partial charge is 0.433 e. The number of piperazine rings is 1. The molecule has 1 aliphatic rings. The molecule has 3 aromatic heterocycles. The molecular formula is C26H19ClF4N6O. The Morgan fingerprint density at radius 2 is 1.61 bits per heavy atom. The number of aromatic nitrogens is 4. The van der Waals surface area contributed by atoms with Gasteiger partial charge in [-0.25, -0.2) is 9.37 Å². The third-order valence-electron chi connectivity index (χ3n) is 6.10. The highest BCUT2D eigenvalue weighted by molar-refractivity contribution is 6.33. The van der Waals surface area contributed by atoms with Crippen molar-refractivity contribution in [2.24, 2.45) is 0 Å². The number of hydrogen-bond acceptors (Lipinski definition) is 6. The van der Waals surface area contributed by atoms with Gasteiger partial charge in [0.15, 0.2) is 0 Å². The standard InChI is InChI=1S/C26H19ClF4N6O/c27-20-14-32-8-7-19(20)24-23(16-1-4-18(28)5-2-16)34-15-22(35-24)36-9-11-37(12-10-36)25(38)17-3-6-21(33-13-17)26(29,30)31/h1-8,13-15H,9-12H2. The number of carbonyl (C=O) groups excluding carboxylic acids is 1. The molecule has 0 bridgehead atoms. The second kappa shape index (κ2) is 10.3. The molecule has 1 aliphatic heterocycles. The fraction of sp³-hybridized carbons (Fsp3) is 0.192. The molecule has 12 heteroatoms. The first-order valence-corrected chi connectivity index (χ1v) is 11.9. The third kappa shape index (κ3) is 5.28. The number of amides is 1. The fourth-order valence-electron chi connectivity index (χ4n) is 4.12. The lowest BCUT2D eigenvalue weighted by molar-refractivity contribution is -0.141. The maximum Gasteiger partial charge on any atom is 0.433 e. The van der Waals surface area contributed by atoms with Crippen LogP contribution in [0.5, 0.6) is 0 Å². The van der Waals surface area contributed by atoms with Crippen LogP contribution in [0.15, 0.2) is 67.3 Å². The lowest BCUT2D eigenvalue weighted by Gasteiger charge is -2.35. The smallest absolute Gasteiger partial charge is 0.352 e. The number of alkyl halides is 3. The summed E-state index contributed by atoms with van der Waals surface area (Å²) in [7, 11) is 0. The van der Waals surface area contributed by atoms with E-state index in [1.807, 2.05) is 4.90 Å². The van der Waals surface area contributed by atoms with E-state index in [4.69, 9.17) is 16.6 Å². The zero-order valence-electron chi connectivity index (χ0n) is 19.7. The van der Waals surface area contributed by atoms with Crippen LogP contribution in [0.25, 0.3) is 22.5 Å². The molecule has 0 radical (unpaired) electrons. The highest BCUT2D eigenvalue weighted by Gasteiger charge is 2.33. The molecule has 5 rings (SSSR count). The Hall–Kier alpha value is -4.12. The molecule has 0 saturated carbocycles. The Labute approximate surface area is 219 Å². The first-order valence-electron chi connectivity index (χ1n) is 11.5. The molecule has 0 aliphatic carbocycles. The predicted molar refractivity (Wildman–Crippen MR) is 133 cm³/mol. The number of benzene rings is 1. The van der Waals surface area contributed by atoms with Gasteiger partial charge >= 0.3 is 6.18 Å². The van der Waals surface area contributed by atoms with E-state index in [1.54, 1.807) is 35.5 Å². The van der Waals surface area contributed by atoms with Crippen LogP contribution < -0.4 is 4.90 Å². The van der Waals surface area contributed by atoms with Crippen molar-refractivity contribution in [2.75, 3.05) is 31.1 Å². The van der Waals surface area contributed by atoms with Crippen LogP contribution in [-0.2, 0) is 6.18 Å². The van der Waals surface area contributed by atoms with E-state index in [2.05, 4.69) is 15.0 Å². The van der Waals surface area contributed by atoms with Crippen LogP contribution in [-0.4, -0.2) is 56.9 Å². The Morgan fingerprint density at radius 1 is 0.868 bits per heavy atom. The van der Waals surface area contributed by atoms with Crippen molar-refractivity contribution in [3.8, 4) is 22.5 Å². The topological polar surface area (TPSA) is 75.1 Å². The predicted octanol–water partition coefficient (Wildman–Crippen LogP) is 5.37. The average molecular weight is 543 g/mol. The van der Waals surface area contributed by atoms with Crippen molar-refractivity contribution in [2.45, 2.75) is 6.18 Å². The van der Waals surface area contributed by atoms with Crippen LogP contribution >= 0.6 is 11.6 Å². The van der Waals surface area contributed by atoms with Gasteiger partial charge in [0, 0.05) is 55.9 Å². The molecule has 4 heterocycles. The summed E-state index contributed by atoms with van der Waals surface area (Å²) in [5.74, 6) is -0.212. The molecular weight excluding hydrogens is 524 g/mol. The minimum atomic E-state index is -4.57. The van der Waals surface area contributed by atoms with E-state index >= 15 is 0 Å². The van der Waals surface area contributed by atoms with Gasteiger partial charge < -0.3 is 9.80 Å². The molecule has 7 nitrogen and oxygen atoms in total. The molecule has 0 N–H and O–H groups in total. The van der Waals surface area contributed by atoms with Crippen molar-refractivity contribution < 1.29 is 22.4 Å². The van der Waals surface area contributed by atoms with Gasteiger partial charge in [-0.15, -0.1) is 0 Å². The van der Waals surface area contributed by atoms with E-state index in [0.717, 1.165) is 18.3 Å². The summed E-state index contributed by atoms with van der Waals surface area (Å²) < 4.78 is 51.8. The Morgan fingerprint density at radius 3 is 2.24 bits per heavy atom. The summed E-state index contributed by atoms with van der Waals surface area (Å²) in [6.07, 6.45) is 1.07. The Bertz CT molecular complexity index is 1460. The van der Waals surface area contributed by atoms with Crippen molar-refractivity contribution in [3.05, 3.63) is 89.3 Å². The van der Waals surface area contributed by atoms with E-state index < -0.39 is 17.8 Å². The molecule has 1 fully saturated rings. The van der Waals surface area contributed by atoms with E-state index in [-0.39, 0.29) is 11.4 Å². The van der Waals surface area contributed by atoms with Crippen LogP contribution in [0.2, 0.25) is 5.02 Å². The first kappa shape index (κ1) is 25.5. The van der Waals surface area contributed by atoms with Crippen molar-refractivity contribution in [3.63, 3.8) is 0 Å². The summed E-state index contributed by atoms with van der Waals surface area (Å²) in [6, 6.07) is 9.55. The molecule has 38 heavy (non-hydrogen) atoms. The molecule has 194 valence electrons. The molecule has 1 saturated heterocycles. The number of hydrogen-bond donors (Lipinski definition) is 0. The molecule has 0 spiro atoms. The molecule has 1 aromatic carbocycles. The molecule has 1 amide bonds. The van der Waals surface area contributed by atoms with Gasteiger partial charge in [-0.2, -0.15) is 13.2 Å². The monoisotopic (exact) mass is 542 g/mol. The summed E-state index contributed by atoms with van der Waals surface area (Å²) in [5.41, 5.74) is 1.32. The number of carbonyl (C=O) groups is 1. The van der Waals surface area contributed by atoms with E-state index in [0.29, 0.717) is 59.5 Å². The van der Waals surface area contributed by atoms with Gasteiger partial charge in [-0.3, -0.25) is 19.7 Å². The van der Waals surface area contributed by atoms with Crippen molar-refractivity contribution in [1.29, 1.82) is 0 Å². The minimum absolute atomic E-state index is 0.0875. The van der Waals surface area contributed by atoms with Gasteiger partial charge in [0.05, 0.1) is 22.5 Å². The summed E-state index contributed by atoms with van der Waals surface area (Å²) in [6.45, 7) is 1.50. The highest BCUT2D eigenvalue weighted by Crippen LogP contribution is 2.34. The summed E-state index contributed by atoms with van der Waals surface area (Å²) in [4.78, 5) is 33.2. The zero-order chi connectivity index (χ0) is 26.9. The number of rotatable bonds is 4. The molecule has 4 aromatic rings. The van der Waals surface area contributed by atoms with Gasteiger partial charge in [-0.05, 0) is 42.5 Å². The van der Waals surface area contributed by atoms with Crippen molar-refractivity contribution >= 4 is 23.3 Å². The average Bonchev–Trinajstić information content (AvgIpc) is 2.93. The van der Waals surface area contributed by atoms with Crippen LogP contribution in [0.3, 0.4) is 0 Å². The third-order valence-corrected chi connectivity index (χ3v) is 6.40. The van der Waals surface area contributed by atoms with Gasteiger partial charge in [-0.1, -0.05) is 11.6 Å². The van der Waals surface area contributed by atoms with Crippen LogP contribution in [0.1, 0.15) is 16.1 Å². The number of anilines is 1. The quantitative estimate of drug-likeness (QED) is 0.323. The number of pyridine rings is 2. The van der Waals surface area contributed by atoms with Crippen molar-refractivity contribution in [1.82, 2.24) is 24.8 Å². The van der Waals surface area contributed by atoms with Gasteiger partial charge in [0.1, 0.15) is 23.0 Å². The summed E-state index contributed by atoms with van der Waals surface area (Å²) in [5, 5.41) is 0.378. The lowest BCUT2D eigenvalue weighted by Crippen LogP contribution is -2.49. The lowest BCUT2D eigenvalue weighted by atomic mass is 10.0. The maximum atomic E-state index is 13.5. The number of halogens is 5.